The second-order valence-electron chi connectivity index (χ2n) is 6.52. The van der Waals surface area contributed by atoms with Gasteiger partial charge in [0.2, 0.25) is 0 Å². The average Bonchev–Trinajstić information content (AvgIpc) is 3.03. The van der Waals surface area contributed by atoms with Crippen LogP contribution in [0.4, 0.5) is 10.5 Å². The van der Waals surface area contributed by atoms with E-state index >= 15 is 0 Å². The third-order valence-corrected chi connectivity index (χ3v) is 4.49. The minimum absolute atomic E-state index is 0.242. The number of carbonyl (C=O) groups is 2. The summed E-state index contributed by atoms with van der Waals surface area (Å²) in [6, 6.07) is 5.80. The number of aryl methyl sites for hydroxylation is 2. The Morgan fingerprint density at radius 2 is 2.12 bits per heavy atom. The maximum Gasteiger partial charge on any atom is 0.321 e. The fourth-order valence-electron chi connectivity index (χ4n) is 3.15. The molecule has 1 aromatic carbocycles. The molecule has 0 radical (unpaired) electrons. The standard InChI is InChI=1S/C18H22N4O3/c1-12-5-6-16(13(2)8-12)22-11-15(9-19-22)20-18(25)21-7-3-4-14(10-21)17(23)24/h5-6,8-9,11,14H,3-4,7,10H2,1-2H3,(H,20,25)(H,23,24). The smallest absolute Gasteiger partial charge is 0.321 e. The van der Waals surface area contributed by atoms with E-state index in [0.717, 1.165) is 11.3 Å². The quantitative estimate of drug-likeness (QED) is 0.898. The fourth-order valence-corrected chi connectivity index (χ4v) is 3.15. The number of hydrogen-bond acceptors (Lipinski definition) is 3. The van der Waals surface area contributed by atoms with Gasteiger partial charge in [0.05, 0.1) is 29.7 Å². The molecule has 7 heteroatoms. The zero-order chi connectivity index (χ0) is 18.0. The van der Waals surface area contributed by atoms with Crippen molar-refractivity contribution in [2.75, 3.05) is 18.4 Å². The van der Waals surface area contributed by atoms with Crippen LogP contribution in [0.5, 0.6) is 0 Å². The number of benzene rings is 1. The third kappa shape index (κ3) is 3.81. The van der Waals surface area contributed by atoms with Crippen molar-refractivity contribution in [3.8, 4) is 5.69 Å². The molecule has 2 aromatic rings. The van der Waals surface area contributed by atoms with Gasteiger partial charge in [-0.05, 0) is 38.3 Å². The van der Waals surface area contributed by atoms with Gasteiger partial charge in [0, 0.05) is 13.1 Å². The summed E-state index contributed by atoms with van der Waals surface area (Å²) >= 11 is 0. The molecule has 2 N–H and O–H groups in total. The Bertz CT molecular complexity index is 799. The lowest BCUT2D eigenvalue weighted by Gasteiger charge is -2.30. The highest BCUT2D eigenvalue weighted by atomic mass is 16.4. The van der Waals surface area contributed by atoms with Crippen LogP contribution >= 0.6 is 0 Å². The van der Waals surface area contributed by atoms with Gasteiger partial charge in [-0.25, -0.2) is 9.48 Å². The van der Waals surface area contributed by atoms with Crippen LogP contribution in [0.15, 0.2) is 30.6 Å². The molecule has 1 unspecified atom stereocenters. The minimum atomic E-state index is -0.847. The van der Waals surface area contributed by atoms with Crippen LogP contribution in [-0.2, 0) is 4.79 Å². The number of anilines is 1. The Morgan fingerprint density at radius 1 is 1.32 bits per heavy atom. The van der Waals surface area contributed by atoms with E-state index in [1.165, 1.54) is 5.56 Å². The number of hydrogen-bond donors (Lipinski definition) is 2. The maximum absolute atomic E-state index is 12.4. The van der Waals surface area contributed by atoms with Crippen LogP contribution in [0.3, 0.4) is 0 Å². The highest BCUT2D eigenvalue weighted by Crippen LogP contribution is 2.20. The van der Waals surface area contributed by atoms with E-state index in [-0.39, 0.29) is 12.6 Å². The zero-order valence-electron chi connectivity index (χ0n) is 14.4. The second-order valence-corrected chi connectivity index (χ2v) is 6.52. The van der Waals surface area contributed by atoms with Crippen LogP contribution in [0.2, 0.25) is 0 Å². The number of amides is 2. The lowest BCUT2D eigenvalue weighted by Crippen LogP contribution is -2.44. The van der Waals surface area contributed by atoms with Crippen LogP contribution in [-0.4, -0.2) is 44.9 Å². The summed E-state index contributed by atoms with van der Waals surface area (Å²) < 4.78 is 1.72. The summed E-state index contributed by atoms with van der Waals surface area (Å²) in [6.07, 6.45) is 4.67. The Hall–Kier alpha value is -2.83. The maximum atomic E-state index is 12.4. The van der Waals surface area contributed by atoms with Crippen molar-refractivity contribution in [3.63, 3.8) is 0 Å². The first kappa shape index (κ1) is 17.0. The molecular weight excluding hydrogens is 320 g/mol. The largest absolute Gasteiger partial charge is 0.481 e. The molecule has 1 aliphatic rings. The van der Waals surface area contributed by atoms with Gasteiger partial charge < -0.3 is 15.3 Å². The molecule has 0 spiro atoms. The first-order chi connectivity index (χ1) is 11.9. The molecule has 25 heavy (non-hydrogen) atoms. The van der Waals surface area contributed by atoms with E-state index in [4.69, 9.17) is 5.11 Å². The summed E-state index contributed by atoms with van der Waals surface area (Å²) in [5.74, 6) is -1.34. The van der Waals surface area contributed by atoms with Gasteiger partial charge in [-0.15, -0.1) is 0 Å². The topological polar surface area (TPSA) is 87.5 Å². The van der Waals surface area contributed by atoms with Gasteiger partial charge in [0.15, 0.2) is 0 Å². The predicted octanol–water partition coefficient (Wildman–Crippen LogP) is 2.82. The van der Waals surface area contributed by atoms with E-state index in [2.05, 4.69) is 16.5 Å². The molecule has 3 rings (SSSR count). The van der Waals surface area contributed by atoms with Gasteiger partial charge in [-0.2, -0.15) is 5.10 Å². The normalized spacial score (nSPS) is 17.4. The second kappa shape index (κ2) is 6.96. The van der Waals surface area contributed by atoms with Crippen LogP contribution in [0.25, 0.3) is 5.69 Å². The average molecular weight is 342 g/mol. The third-order valence-electron chi connectivity index (χ3n) is 4.49. The van der Waals surface area contributed by atoms with Gasteiger partial charge in [-0.1, -0.05) is 17.7 Å². The lowest BCUT2D eigenvalue weighted by molar-refractivity contribution is -0.143. The molecule has 2 heterocycles. The number of nitrogens with zero attached hydrogens (tertiary/aromatic N) is 3. The number of nitrogens with one attached hydrogen (secondary N) is 1. The predicted molar refractivity (Wildman–Crippen MR) is 94.0 cm³/mol. The lowest BCUT2D eigenvalue weighted by atomic mass is 9.99. The number of carbonyl (C=O) groups excluding carboxylic acids is 1. The van der Waals surface area contributed by atoms with E-state index in [1.807, 2.05) is 26.0 Å². The molecule has 1 fully saturated rings. The van der Waals surface area contributed by atoms with Gasteiger partial charge in [-0.3, -0.25) is 4.79 Å². The first-order valence-electron chi connectivity index (χ1n) is 8.35. The summed E-state index contributed by atoms with van der Waals surface area (Å²) in [6.45, 7) is 4.86. The molecule has 0 bridgehead atoms. The summed E-state index contributed by atoms with van der Waals surface area (Å²) in [5.41, 5.74) is 3.82. The molecule has 7 nitrogen and oxygen atoms in total. The van der Waals surface area contributed by atoms with E-state index < -0.39 is 11.9 Å². The van der Waals surface area contributed by atoms with E-state index in [9.17, 15) is 9.59 Å². The highest BCUT2D eigenvalue weighted by Gasteiger charge is 2.28. The van der Waals surface area contributed by atoms with Crippen molar-refractivity contribution in [2.24, 2.45) is 5.92 Å². The van der Waals surface area contributed by atoms with Crippen molar-refractivity contribution in [1.29, 1.82) is 0 Å². The molecule has 1 atom stereocenters. The van der Waals surface area contributed by atoms with Gasteiger partial charge in [0.25, 0.3) is 0 Å². The highest BCUT2D eigenvalue weighted by molar-refractivity contribution is 5.89. The Morgan fingerprint density at radius 3 is 2.84 bits per heavy atom. The van der Waals surface area contributed by atoms with Crippen LogP contribution in [0.1, 0.15) is 24.0 Å². The first-order valence-corrected chi connectivity index (χ1v) is 8.35. The van der Waals surface area contributed by atoms with Crippen molar-refractivity contribution < 1.29 is 14.7 Å². The van der Waals surface area contributed by atoms with E-state index in [1.54, 1.807) is 22.0 Å². The van der Waals surface area contributed by atoms with Crippen molar-refractivity contribution in [1.82, 2.24) is 14.7 Å². The SMILES string of the molecule is Cc1ccc(-n2cc(NC(=O)N3CCCC(C(=O)O)C3)cn2)c(C)c1. The van der Waals surface area contributed by atoms with Gasteiger partial charge >= 0.3 is 12.0 Å². The Kier molecular flexibility index (Phi) is 4.74. The number of aromatic nitrogens is 2. The molecule has 2 amide bonds. The van der Waals surface area contributed by atoms with Crippen LogP contribution < -0.4 is 5.32 Å². The minimum Gasteiger partial charge on any atom is -0.481 e. The molecule has 1 aromatic heterocycles. The monoisotopic (exact) mass is 342 g/mol. The Labute approximate surface area is 146 Å². The molecule has 0 aliphatic carbocycles. The number of piperidine rings is 1. The number of aliphatic carboxylic acids is 1. The summed E-state index contributed by atoms with van der Waals surface area (Å²) in [5, 5.41) is 16.2. The number of rotatable bonds is 3. The molecular formula is C18H22N4O3. The number of carboxylic acids is 1. The summed E-state index contributed by atoms with van der Waals surface area (Å²) in [4.78, 5) is 25.1. The van der Waals surface area contributed by atoms with Crippen molar-refractivity contribution >= 4 is 17.7 Å². The number of likely N-dealkylation sites (tertiary alicyclic amines) is 1. The molecule has 132 valence electrons. The van der Waals surface area contributed by atoms with Gasteiger partial charge in [0.1, 0.15) is 0 Å². The molecule has 1 aliphatic heterocycles. The van der Waals surface area contributed by atoms with E-state index in [0.29, 0.717) is 25.1 Å². The molecule has 0 saturated carbocycles. The van der Waals surface area contributed by atoms with Crippen molar-refractivity contribution in [3.05, 3.63) is 41.7 Å². The fraction of sp³-hybridized carbons (Fsp3) is 0.389. The summed E-state index contributed by atoms with van der Waals surface area (Å²) in [7, 11) is 0. The number of carboxylic acid groups (broad SMARTS) is 1. The van der Waals surface area contributed by atoms with Crippen molar-refractivity contribution in [2.45, 2.75) is 26.7 Å². The Balaban J connectivity index is 1.68. The molecule has 1 saturated heterocycles. The zero-order valence-corrected chi connectivity index (χ0v) is 14.4. The number of urea groups is 1. The van der Waals surface area contributed by atoms with Crippen LogP contribution in [0, 0.1) is 19.8 Å².